The molecule has 1 fully saturated rings. The van der Waals surface area contributed by atoms with Gasteiger partial charge in [-0.05, 0) is 18.2 Å². The second-order valence-corrected chi connectivity index (χ2v) is 5.61. The molecule has 0 saturated carbocycles. The van der Waals surface area contributed by atoms with Crippen LogP contribution in [-0.2, 0) is 6.54 Å². The number of ether oxygens (including phenoxy) is 1. The van der Waals surface area contributed by atoms with Crippen LogP contribution in [0.1, 0.15) is 5.56 Å². The zero-order valence-electron chi connectivity index (χ0n) is 13.0. The summed E-state index contributed by atoms with van der Waals surface area (Å²) in [5.41, 5.74) is 0.543. The molecule has 0 spiro atoms. The third kappa shape index (κ3) is 4.38. The van der Waals surface area contributed by atoms with Gasteiger partial charge in [0.2, 0.25) is 0 Å². The van der Waals surface area contributed by atoms with Crippen LogP contribution in [0, 0.1) is 0 Å². The number of benzene rings is 1. The number of hydrogen-bond donors (Lipinski definition) is 0. The van der Waals surface area contributed by atoms with Crippen LogP contribution in [0.3, 0.4) is 0 Å². The SMILES string of the molecule is FC(F)(F)Oc1ccccc1CN1CCN(c2ccccn2)CC1. The Hall–Kier alpha value is -2.28. The van der Waals surface area contributed by atoms with Crippen LogP contribution in [0.2, 0.25) is 0 Å². The van der Waals surface area contributed by atoms with E-state index in [1.165, 1.54) is 6.07 Å². The molecule has 0 atom stereocenters. The van der Waals surface area contributed by atoms with Gasteiger partial charge in [0.25, 0.3) is 0 Å². The lowest BCUT2D eigenvalue weighted by atomic mass is 10.1. The zero-order chi connectivity index (χ0) is 17.0. The average Bonchev–Trinajstić information content (AvgIpc) is 2.57. The molecular weight excluding hydrogens is 319 g/mol. The molecule has 1 saturated heterocycles. The quantitative estimate of drug-likeness (QED) is 0.856. The average molecular weight is 337 g/mol. The number of piperazine rings is 1. The Kier molecular flexibility index (Phi) is 4.89. The summed E-state index contributed by atoms with van der Waals surface area (Å²) in [6.45, 7) is 3.54. The van der Waals surface area contributed by atoms with Crippen molar-refractivity contribution in [1.82, 2.24) is 9.88 Å². The molecule has 1 aromatic carbocycles. The number of para-hydroxylation sites is 1. The molecule has 4 nitrogen and oxygen atoms in total. The second kappa shape index (κ2) is 7.09. The van der Waals surface area contributed by atoms with Crippen molar-refractivity contribution in [2.24, 2.45) is 0 Å². The third-order valence-electron chi connectivity index (χ3n) is 3.94. The van der Waals surface area contributed by atoms with Crippen molar-refractivity contribution in [3.8, 4) is 5.75 Å². The maximum Gasteiger partial charge on any atom is 0.573 e. The van der Waals surface area contributed by atoms with E-state index in [2.05, 4.69) is 19.5 Å². The molecule has 0 radical (unpaired) electrons. The van der Waals surface area contributed by atoms with Gasteiger partial charge in [-0.15, -0.1) is 13.2 Å². The molecule has 1 aliphatic heterocycles. The summed E-state index contributed by atoms with van der Waals surface area (Å²) in [6, 6.07) is 12.1. The van der Waals surface area contributed by atoms with Crippen molar-refractivity contribution < 1.29 is 17.9 Å². The first-order valence-corrected chi connectivity index (χ1v) is 7.73. The molecule has 2 heterocycles. The highest BCUT2D eigenvalue weighted by Gasteiger charge is 2.32. The topological polar surface area (TPSA) is 28.6 Å². The Morgan fingerprint density at radius 1 is 0.958 bits per heavy atom. The van der Waals surface area contributed by atoms with Gasteiger partial charge in [0, 0.05) is 44.5 Å². The predicted molar refractivity (Wildman–Crippen MR) is 84.9 cm³/mol. The van der Waals surface area contributed by atoms with Crippen molar-refractivity contribution >= 4 is 5.82 Å². The van der Waals surface area contributed by atoms with E-state index in [4.69, 9.17) is 0 Å². The minimum absolute atomic E-state index is 0.128. The molecule has 0 amide bonds. The number of alkyl halides is 3. The molecule has 3 rings (SSSR count). The zero-order valence-corrected chi connectivity index (χ0v) is 13.0. The van der Waals surface area contributed by atoms with E-state index in [1.807, 2.05) is 18.2 Å². The van der Waals surface area contributed by atoms with E-state index in [1.54, 1.807) is 24.4 Å². The first-order valence-electron chi connectivity index (χ1n) is 7.73. The molecule has 128 valence electrons. The fourth-order valence-electron chi connectivity index (χ4n) is 2.78. The number of nitrogens with zero attached hydrogens (tertiary/aromatic N) is 3. The van der Waals surface area contributed by atoms with Gasteiger partial charge in [-0.2, -0.15) is 0 Å². The van der Waals surface area contributed by atoms with Gasteiger partial charge < -0.3 is 9.64 Å². The lowest BCUT2D eigenvalue weighted by Gasteiger charge is -2.35. The van der Waals surface area contributed by atoms with Gasteiger partial charge in [0.15, 0.2) is 0 Å². The summed E-state index contributed by atoms with van der Waals surface area (Å²) >= 11 is 0. The lowest BCUT2D eigenvalue weighted by molar-refractivity contribution is -0.275. The fourth-order valence-corrected chi connectivity index (χ4v) is 2.78. The van der Waals surface area contributed by atoms with Gasteiger partial charge in [0.1, 0.15) is 11.6 Å². The highest BCUT2D eigenvalue weighted by Crippen LogP contribution is 2.27. The number of anilines is 1. The number of aromatic nitrogens is 1. The highest BCUT2D eigenvalue weighted by molar-refractivity contribution is 5.38. The third-order valence-corrected chi connectivity index (χ3v) is 3.94. The smallest absolute Gasteiger partial charge is 0.405 e. The molecule has 1 aromatic heterocycles. The van der Waals surface area contributed by atoms with Crippen molar-refractivity contribution in [2.45, 2.75) is 12.9 Å². The standard InChI is InChI=1S/C17H18F3N3O/c18-17(19,20)24-15-6-2-1-5-14(15)13-22-9-11-23(12-10-22)16-7-3-4-8-21-16/h1-8H,9-13H2. The predicted octanol–water partition coefficient (Wildman–Crippen LogP) is 3.30. The second-order valence-electron chi connectivity index (χ2n) is 5.61. The van der Waals surface area contributed by atoms with E-state index < -0.39 is 6.36 Å². The van der Waals surface area contributed by atoms with Crippen molar-refractivity contribution in [1.29, 1.82) is 0 Å². The highest BCUT2D eigenvalue weighted by atomic mass is 19.4. The lowest BCUT2D eigenvalue weighted by Crippen LogP contribution is -2.46. The Morgan fingerprint density at radius 3 is 2.33 bits per heavy atom. The van der Waals surface area contributed by atoms with Crippen LogP contribution in [-0.4, -0.2) is 42.4 Å². The molecule has 0 N–H and O–H groups in total. The number of rotatable bonds is 4. The Morgan fingerprint density at radius 2 is 1.67 bits per heavy atom. The first-order chi connectivity index (χ1) is 11.5. The molecule has 1 aliphatic rings. The summed E-state index contributed by atoms with van der Waals surface area (Å²) in [6.07, 6.45) is -2.92. The van der Waals surface area contributed by atoms with Gasteiger partial charge in [-0.3, -0.25) is 4.90 Å². The van der Waals surface area contributed by atoms with E-state index in [-0.39, 0.29) is 5.75 Å². The van der Waals surface area contributed by atoms with Crippen molar-refractivity contribution in [2.75, 3.05) is 31.1 Å². The van der Waals surface area contributed by atoms with Crippen LogP contribution in [0.4, 0.5) is 19.0 Å². The van der Waals surface area contributed by atoms with Gasteiger partial charge >= 0.3 is 6.36 Å². The summed E-state index contributed by atoms with van der Waals surface area (Å²) < 4.78 is 41.6. The minimum atomic E-state index is -4.67. The van der Waals surface area contributed by atoms with Crippen molar-refractivity contribution in [3.63, 3.8) is 0 Å². The summed E-state index contributed by atoms with van der Waals surface area (Å²) in [7, 11) is 0. The Bertz CT molecular complexity index is 656. The minimum Gasteiger partial charge on any atom is -0.405 e. The number of halogens is 3. The van der Waals surface area contributed by atoms with Crippen LogP contribution in [0.15, 0.2) is 48.7 Å². The monoisotopic (exact) mass is 337 g/mol. The Labute approximate surface area is 138 Å². The van der Waals surface area contributed by atoms with Crippen molar-refractivity contribution in [3.05, 3.63) is 54.2 Å². The van der Waals surface area contributed by atoms with Gasteiger partial charge in [-0.1, -0.05) is 24.3 Å². The first kappa shape index (κ1) is 16.6. The summed E-state index contributed by atoms with van der Waals surface area (Å²) in [4.78, 5) is 8.63. The molecule has 0 unspecified atom stereocenters. The Balaban J connectivity index is 1.61. The van der Waals surface area contributed by atoms with Gasteiger partial charge in [-0.25, -0.2) is 4.98 Å². The largest absolute Gasteiger partial charge is 0.573 e. The molecule has 0 aliphatic carbocycles. The van der Waals surface area contributed by atoms with Crippen LogP contribution >= 0.6 is 0 Å². The van der Waals surface area contributed by atoms with E-state index in [0.29, 0.717) is 12.1 Å². The molecule has 2 aromatic rings. The molecule has 0 bridgehead atoms. The van der Waals surface area contributed by atoms with Crippen LogP contribution in [0.5, 0.6) is 5.75 Å². The van der Waals surface area contributed by atoms with E-state index in [0.717, 1.165) is 32.0 Å². The fraction of sp³-hybridized carbons (Fsp3) is 0.353. The summed E-state index contributed by atoms with van der Waals surface area (Å²) in [5.74, 6) is 0.801. The van der Waals surface area contributed by atoms with Crippen LogP contribution < -0.4 is 9.64 Å². The maximum atomic E-state index is 12.5. The normalized spacial score (nSPS) is 16.2. The van der Waals surface area contributed by atoms with Crippen LogP contribution in [0.25, 0.3) is 0 Å². The molecule has 7 heteroatoms. The van der Waals surface area contributed by atoms with E-state index in [9.17, 15) is 13.2 Å². The number of pyridine rings is 1. The van der Waals surface area contributed by atoms with E-state index >= 15 is 0 Å². The summed E-state index contributed by atoms with van der Waals surface area (Å²) in [5, 5.41) is 0. The van der Waals surface area contributed by atoms with Gasteiger partial charge in [0.05, 0.1) is 0 Å². The number of hydrogen-bond acceptors (Lipinski definition) is 4. The maximum absolute atomic E-state index is 12.5. The molecule has 24 heavy (non-hydrogen) atoms. The molecular formula is C17H18F3N3O.